The Morgan fingerprint density at radius 2 is 1.67 bits per heavy atom. The van der Waals surface area contributed by atoms with Crippen molar-refractivity contribution in [1.29, 1.82) is 0 Å². The second kappa shape index (κ2) is 7.48. The van der Waals surface area contributed by atoms with Crippen LogP contribution in [0.15, 0.2) is 11.8 Å². The third kappa shape index (κ3) is 2.97. The monoisotopic (exact) mass is 496 g/mol. The van der Waals surface area contributed by atoms with Crippen LogP contribution >= 0.6 is 0 Å². The van der Waals surface area contributed by atoms with Crippen LogP contribution in [0.4, 0.5) is 0 Å². The van der Waals surface area contributed by atoms with Gasteiger partial charge in [0.1, 0.15) is 5.76 Å². The number of rotatable bonds is 1. The lowest BCUT2D eigenvalue weighted by Crippen LogP contribution is -2.73. The molecule has 200 valence electrons. The number of esters is 1. The van der Waals surface area contributed by atoms with E-state index in [2.05, 4.69) is 41.5 Å². The molecule has 2 bridgehead atoms. The van der Waals surface area contributed by atoms with Crippen LogP contribution < -0.4 is 0 Å². The number of allylic oxidation sites excluding steroid dienone is 2. The largest absolute Gasteiger partial charge is 0.431 e. The molecular formula is C32H48O4. The molecule has 1 spiro atoms. The molecule has 4 nitrogen and oxygen atoms in total. The summed E-state index contributed by atoms with van der Waals surface area (Å²) in [6.07, 6.45) is 12.8. The maximum atomic E-state index is 14.0. The first-order valence-electron chi connectivity index (χ1n) is 14.7. The quantitative estimate of drug-likeness (QED) is 0.363. The van der Waals surface area contributed by atoms with Crippen molar-refractivity contribution in [1.82, 2.24) is 0 Å². The molecule has 0 N–H and O–H groups in total. The molecule has 5 aliphatic carbocycles. The zero-order valence-electron chi connectivity index (χ0n) is 23.8. The molecule has 0 aromatic carbocycles. The van der Waals surface area contributed by atoms with E-state index in [4.69, 9.17) is 9.47 Å². The van der Waals surface area contributed by atoms with Gasteiger partial charge in [-0.25, -0.2) is 0 Å². The number of ketones is 1. The minimum Gasteiger partial charge on any atom is -0.431 e. The van der Waals surface area contributed by atoms with E-state index in [1.54, 1.807) is 6.08 Å². The zero-order valence-corrected chi connectivity index (χ0v) is 23.8. The average molecular weight is 497 g/mol. The molecule has 0 amide bonds. The summed E-state index contributed by atoms with van der Waals surface area (Å²) in [5.41, 5.74) is 1.000. The highest BCUT2D eigenvalue weighted by atomic mass is 16.5. The normalized spacial score (nSPS) is 53.2. The van der Waals surface area contributed by atoms with Gasteiger partial charge >= 0.3 is 5.97 Å². The second-order valence-corrected chi connectivity index (χ2v) is 15.7. The number of ether oxygens (including phenoxy) is 2. The standard InChI is InChI=1S/C32H48O4/c1-20-23(36-21(2)33)16-22(34)26-29(20,6)9-8-24-31(26)14-13-30(7)25-17-27(3,4)10-11-28(25,5)12-15-32(24,30)19-35-18-31/h16,20,24-26H,8-15,17-19H2,1-7H3/t20-,24-,25+,26+,28+,29+,30-,31-,32+/m0/s1. The average Bonchev–Trinajstić information content (AvgIpc) is 2.79. The Morgan fingerprint density at radius 3 is 2.39 bits per heavy atom. The summed E-state index contributed by atoms with van der Waals surface area (Å²) in [6, 6.07) is 0. The lowest BCUT2D eigenvalue weighted by atomic mass is 9.29. The van der Waals surface area contributed by atoms with Crippen LogP contribution in [-0.4, -0.2) is 25.0 Å². The first-order valence-corrected chi connectivity index (χ1v) is 14.7. The van der Waals surface area contributed by atoms with Gasteiger partial charge in [-0.1, -0.05) is 41.5 Å². The number of fused-ring (bicyclic) bond motifs is 3. The van der Waals surface area contributed by atoms with Crippen LogP contribution in [0.1, 0.15) is 106 Å². The van der Waals surface area contributed by atoms with E-state index in [1.165, 1.54) is 51.9 Å². The summed E-state index contributed by atoms with van der Waals surface area (Å²) >= 11 is 0. The topological polar surface area (TPSA) is 52.6 Å². The van der Waals surface area contributed by atoms with Crippen molar-refractivity contribution in [2.45, 2.75) is 106 Å². The van der Waals surface area contributed by atoms with Crippen LogP contribution in [0.3, 0.4) is 0 Å². The zero-order chi connectivity index (χ0) is 25.9. The predicted octanol–water partition coefficient (Wildman–Crippen LogP) is 7.11. The molecule has 6 rings (SSSR count). The van der Waals surface area contributed by atoms with Crippen LogP contribution in [0.5, 0.6) is 0 Å². The smallest absolute Gasteiger partial charge is 0.307 e. The highest BCUT2D eigenvalue weighted by Gasteiger charge is 2.75. The Morgan fingerprint density at radius 1 is 0.944 bits per heavy atom. The van der Waals surface area contributed by atoms with Gasteiger partial charge in [0.05, 0.1) is 13.2 Å². The summed E-state index contributed by atoms with van der Waals surface area (Å²) in [4.78, 5) is 25.8. The molecule has 4 saturated carbocycles. The molecule has 0 radical (unpaired) electrons. The number of hydrogen-bond acceptors (Lipinski definition) is 4. The van der Waals surface area contributed by atoms with Crippen LogP contribution in [-0.2, 0) is 19.1 Å². The Bertz CT molecular complexity index is 1030. The van der Waals surface area contributed by atoms with Crippen LogP contribution in [0, 0.1) is 56.2 Å². The fraction of sp³-hybridized carbons (Fsp3) is 0.875. The Balaban J connectivity index is 1.44. The van der Waals surface area contributed by atoms with Gasteiger partial charge in [-0.05, 0) is 91.3 Å². The summed E-state index contributed by atoms with van der Waals surface area (Å²) in [5, 5.41) is 0. The minimum absolute atomic E-state index is 0.0455. The van der Waals surface area contributed by atoms with Crippen molar-refractivity contribution >= 4 is 11.8 Å². The Hall–Kier alpha value is -1.16. The van der Waals surface area contributed by atoms with E-state index >= 15 is 0 Å². The first kappa shape index (κ1) is 25.1. The van der Waals surface area contributed by atoms with Crippen LogP contribution in [0.2, 0.25) is 0 Å². The highest BCUT2D eigenvalue weighted by molar-refractivity contribution is 5.95. The SMILES string of the molecule is CC(=O)OC1=CC(=O)[C@@H]2[C@](C)(CC[C@H]3[C@@]24CC[C@@]2(C)[C@@H]5CC(C)(C)CC[C@]5(C)CC[C@@]32COC4)[C@H]1C. The maximum absolute atomic E-state index is 14.0. The van der Waals surface area contributed by atoms with E-state index in [9.17, 15) is 9.59 Å². The number of hydrogen-bond donors (Lipinski definition) is 0. The van der Waals surface area contributed by atoms with Gasteiger partial charge in [-0.2, -0.15) is 0 Å². The summed E-state index contributed by atoms with van der Waals surface area (Å²) in [6.45, 7) is 17.7. The van der Waals surface area contributed by atoms with Crippen molar-refractivity contribution < 1.29 is 19.1 Å². The van der Waals surface area contributed by atoms with Crippen molar-refractivity contribution in [3.05, 3.63) is 11.8 Å². The molecular weight excluding hydrogens is 448 g/mol. The molecule has 5 fully saturated rings. The molecule has 9 atom stereocenters. The van der Waals surface area contributed by atoms with Crippen molar-refractivity contribution in [3.63, 3.8) is 0 Å². The fourth-order valence-electron chi connectivity index (χ4n) is 11.6. The fourth-order valence-corrected chi connectivity index (χ4v) is 11.6. The molecule has 4 heteroatoms. The van der Waals surface area contributed by atoms with Crippen molar-refractivity contribution in [3.8, 4) is 0 Å². The van der Waals surface area contributed by atoms with E-state index in [0.29, 0.717) is 22.5 Å². The van der Waals surface area contributed by atoms with Gasteiger partial charge in [0.2, 0.25) is 0 Å². The predicted molar refractivity (Wildman–Crippen MR) is 140 cm³/mol. The van der Waals surface area contributed by atoms with Gasteiger partial charge < -0.3 is 9.47 Å². The number of carbonyl (C=O) groups is 2. The molecule has 0 aromatic rings. The van der Waals surface area contributed by atoms with E-state index < -0.39 is 0 Å². The van der Waals surface area contributed by atoms with Gasteiger partial charge in [-0.3, -0.25) is 9.59 Å². The second-order valence-electron chi connectivity index (χ2n) is 15.7. The number of carbonyl (C=O) groups excluding carboxylic acids is 2. The van der Waals surface area contributed by atoms with Gasteiger partial charge in [0.15, 0.2) is 5.78 Å². The van der Waals surface area contributed by atoms with Gasteiger partial charge in [0.25, 0.3) is 0 Å². The van der Waals surface area contributed by atoms with Crippen molar-refractivity contribution in [2.24, 2.45) is 56.2 Å². The molecule has 0 aromatic heterocycles. The maximum Gasteiger partial charge on any atom is 0.307 e. The molecule has 1 saturated heterocycles. The Kier molecular flexibility index (Phi) is 5.22. The van der Waals surface area contributed by atoms with E-state index in [1.807, 2.05) is 0 Å². The Labute approximate surface area is 218 Å². The van der Waals surface area contributed by atoms with Gasteiger partial charge in [0, 0.05) is 35.7 Å². The summed E-state index contributed by atoms with van der Waals surface area (Å²) in [5.74, 6) is 1.71. The third-order valence-electron chi connectivity index (χ3n) is 13.7. The molecule has 1 heterocycles. The van der Waals surface area contributed by atoms with Gasteiger partial charge in [-0.15, -0.1) is 0 Å². The van der Waals surface area contributed by atoms with E-state index in [-0.39, 0.29) is 45.2 Å². The third-order valence-corrected chi connectivity index (χ3v) is 13.7. The van der Waals surface area contributed by atoms with Crippen LogP contribution in [0.25, 0.3) is 0 Å². The molecule has 0 unspecified atom stereocenters. The summed E-state index contributed by atoms with van der Waals surface area (Å²) < 4.78 is 12.3. The molecule has 6 aliphatic rings. The minimum atomic E-state index is -0.330. The van der Waals surface area contributed by atoms with E-state index in [0.717, 1.165) is 32.0 Å². The lowest BCUT2D eigenvalue weighted by molar-refractivity contribution is -0.315. The lowest BCUT2D eigenvalue weighted by Gasteiger charge is -2.76. The molecule has 36 heavy (non-hydrogen) atoms. The summed E-state index contributed by atoms with van der Waals surface area (Å²) in [7, 11) is 0. The molecule has 1 aliphatic heterocycles. The first-order chi connectivity index (χ1) is 16.7. The highest BCUT2D eigenvalue weighted by Crippen LogP contribution is 2.79. The van der Waals surface area contributed by atoms with Crippen molar-refractivity contribution in [2.75, 3.05) is 13.2 Å².